The SMILES string of the molecule is CC(CO)CSCCS(=O)(=O)c1ccc(C(C)(C)C)cc1. The van der Waals surface area contributed by atoms with E-state index < -0.39 is 9.84 Å². The second kappa shape index (κ2) is 7.65. The molecule has 1 aromatic carbocycles. The summed E-state index contributed by atoms with van der Waals surface area (Å²) in [5.74, 6) is 1.71. The average molecular weight is 331 g/mol. The molecule has 0 bridgehead atoms. The summed E-state index contributed by atoms with van der Waals surface area (Å²) in [6.45, 7) is 8.42. The Kier molecular flexibility index (Phi) is 6.75. The largest absolute Gasteiger partial charge is 0.396 e. The molecular weight excluding hydrogens is 304 g/mol. The van der Waals surface area contributed by atoms with Crippen molar-refractivity contribution in [1.82, 2.24) is 0 Å². The maximum Gasteiger partial charge on any atom is 0.179 e. The molecule has 3 nitrogen and oxygen atoms in total. The van der Waals surface area contributed by atoms with Crippen LogP contribution in [0.4, 0.5) is 0 Å². The summed E-state index contributed by atoms with van der Waals surface area (Å²) in [7, 11) is -3.21. The van der Waals surface area contributed by atoms with Crippen molar-refractivity contribution in [2.24, 2.45) is 5.92 Å². The van der Waals surface area contributed by atoms with Gasteiger partial charge in [0.25, 0.3) is 0 Å². The van der Waals surface area contributed by atoms with E-state index in [1.807, 2.05) is 19.1 Å². The molecule has 0 saturated heterocycles. The molecule has 1 unspecified atom stereocenters. The van der Waals surface area contributed by atoms with Crippen LogP contribution in [-0.2, 0) is 15.3 Å². The Morgan fingerprint density at radius 3 is 2.24 bits per heavy atom. The number of aliphatic hydroxyl groups excluding tert-OH is 1. The third-order valence-electron chi connectivity index (χ3n) is 3.29. The minimum absolute atomic E-state index is 0.0264. The zero-order valence-corrected chi connectivity index (χ0v) is 14.9. The topological polar surface area (TPSA) is 54.4 Å². The van der Waals surface area contributed by atoms with Gasteiger partial charge in [-0.1, -0.05) is 39.8 Å². The second-order valence-corrected chi connectivity index (χ2v) is 9.71. The zero-order chi connectivity index (χ0) is 16.1. The zero-order valence-electron chi connectivity index (χ0n) is 13.3. The van der Waals surface area contributed by atoms with E-state index in [0.717, 1.165) is 11.3 Å². The molecule has 0 aliphatic carbocycles. The van der Waals surface area contributed by atoms with Gasteiger partial charge in [-0.05, 0) is 34.8 Å². The van der Waals surface area contributed by atoms with Gasteiger partial charge in [0.15, 0.2) is 9.84 Å². The van der Waals surface area contributed by atoms with E-state index in [0.29, 0.717) is 10.6 Å². The Morgan fingerprint density at radius 2 is 1.76 bits per heavy atom. The summed E-state index contributed by atoms with van der Waals surface area (Å²) in [4.78, 5) is 0.395. The predicted octanol–water partition coefficient (Wildman–Crippen LogP) is 3.12. The molecule has 1 N–H and O–H groups in total. The molecule has 0 aromatic heterocycles. The highest BCUT2D eigenvalue weighted by Crippen LogP contribution is 2.24. The highest BCUT2D eigenvalue weighted by Gasteiger charge is 2.17. The third kappa shape index (κ3) is 6.01. The van der Waals surface area contributed by atoms with E-state index in [4.69, 9.17) is 5.11 Å². The molecule has 0 heterocycles. The molecule has 1 rings (SSSR count). The van der Waals surface area contributed by atoms with Crippen molar-refractivity contribution >= 4 is 21.6 Å². The molecule has 21 heavy (non-hydrogen) atoms. The molecule has 1 atom stereocenters. The first kappa shape index (κ1) is 18.5. The predicted molar refractivity (Wildman–Crippen MR) is 90.8 cm³/mol. The van der Waals surface area contributed by atoms with Gasteiger partial charge in [0, 0.05) is 12.4 Å². The maximum absolute atomic E-state index is 12.2. The molecule has 0 aliphatic rings. The van der Waals surface area contributed by atoms with Crippen LogP contribution in [0.1, 0.15) is 33.3 Å². The van der Waals surface area contributed by atoms with Gasteiger partial charge in [-0.15, -0.1) is 0 Å². The quantitative estimate of drug-likeness (QED) is 0.781. The molecule has 0 aliphatic heterocycles. The molecule has 1 aromatic rings. The monoisotopic (exact) mass is 330 g/mol. The summed E-state index contributed by atoms with van der Waals surface area (Å²) in [6.07, 6.45) is 0. The lowest BCUT2D eigenvalue weighted by Gasteiger charge is -2.19. The first-order valence-electron chi connectivity index (χ1n) is 7.18. The van der Waals surface area contributed by atoms with Crippen LogP contribution < -0.4 is 0 Å². The van der Waals surface area contributed by atoms with Gasteiger partial charge < -0.3 is 5.11 Å². The number of hydrogen-bond acceptors (Lipinski definition) is 4. The fraction of sp³-hybridized carbons (Fsp3) is 0.625. The van der Waals surface area contributed by atoms with Crippen molar-refractivity contribution in [2.45, 2.75) is 38.0 Å². The first-order chi connectivity index (χ1) is 9.66. The van der Waals surface area contributed by atoms with Crippen LogP contribution in [0.2, 0.25) is 0 Å². The standard InChI is InChI=1S/C16H26O3S2/c1-13(11-17)12-20-9-10-21(18,19)15-7-5-14(6-8-15)16(2,3)4/h5-8,13,17H,9-12H2,1-4H3. The smallest absolute Gasteiger partial charge is 0.179 e. The second-order valence-electron chi connectivity index (χ2n) is 6.46. The lowest BCUT2D eigenvalue weighted by atomic mass is 9.87. The summed E-state index contributed by atoms with van der Waals surface area (Å²) in [5, 5.41) is 8.93. The lowest BCUT2D eigenvalue weighted by Crippen LogP contribution is -2.13. The molecule has 0 radical (unpaired) electrons. The minimum atomic E-state index is -3.21. The van der Waals surface area contributed by atoms with Gasteiger partial charge >= 0.3 is 0 Å². The van der Waals surface area contributed by atoms with E-state index in [1.165, 1.54) is 0 Å². The molecule has 120 valence electrons. The van der Waals surface area contributed by atoms with E-state index in [-0.39, 0.29) is 23.7 Å². The minimum Gasteiger partial charge on any atom is -0.396 e. The fourth-order valence-corrected chi connectivity index (χ4v) is 4.60. The van der Waals surface area contributed by atoms with Crippen LogP contribution in [0.25, 0.3) is 0 Å². The van der Waals surface area contributed by atoms with Crippen LogP contribution in [0.15, 0.2) is 29.2 Å². The number of aliphatic hydroxyl groups is 1. The lowest BCUT2D eigenvalue weighted by molar-refractivity contribution is 0.250. The highest BCUT2D eigenvalue weighted by atomic mass is 32.2. The van der Waals surface area contributed by atoms with Crippen molar-refractivity contribution in [2.75, 3.05) is 23.9 Å². The Morgan fingerprint density at radius 1 is 1.19 bits per heavy atom. The maximum atomic E-state index is 12.2. The molecule has 0 fully saturated rings. The number of benzene rings is 1. The van der Waals surface area contributed by atoms with E-state index in [9.17, 15) is 8.42 Å². The number of sulfone groups is 1. The Labute approximate surface area is 133 Å². The molecule has 5 heteroatoms. The van der Waals surface area contributed by atoms with Crippen molar-refractivity contribution in [3.8, 4) is 0 Å². The van der Waals surface area contributed by atoms with Crippen LogP contribution >= 0.6 is 11.8 Å². The highest BCUT2D eigenvalue weighted by molar-refractivity contribution is 8.00. The van der Waals surface area contributed by atoms with Gasteiger partial charge in [-0.25, -0.2) is 8.42 Å². The summed E-state index contributed by atoms with van der Waals surface area (Å²) in [5.41, 5.74) is 1.16. The van der Waals surface area contributed by atoms with Gasteiger partial charge in [0.2, 0.25) is 0 Å². The van der Waals surface area contributed by atoms with Gasteiger partial charge in [0.05, 0.1) is 10.6 Å². The van der Waals surface area contributed by atoms with E-state index in [1.54, 1.807) is 23.9 Å². The van der Waals surface area contributed by atoms with Gasteiger partial charge in [-0.2, -0.15) is 11.8 Å². The fourth-order valence-electron chi connectivity index (χ4n) is 1.79. The number of rotatable bonds is 7. The normalized spacial score (nSPS) is 14.1. The van der Waals surface area contributed by atoms with Crippen LogP contribution in [0.5, 0.6) is 0 Å². The van der Waals surface area contributed by atoms with Crippen LogP contribution in [0, 0.1) is 5.92 Å². The summed E-state index contributed by atoms with van der Waals surface area (Å²) >= 11 is 1.58. The average Bonchev–Trinajstić information content (AvgIpc) is 2.42. The van der Waals surface area contributed by atoms with Crippen molar-refractivity contribution in [1.29, 1.82) is 0 Å². The first-order valence-corrected chi connectivity index (χ1v) is 9.99. The number of thioether (sulfide) groups is 1. The van der Waals surface area contributed by atoms with Crippen LogP contribution in [0.3, 0.4) is 0 Å². The number of hydrogen-bond donors (Lipinski definition) is 1. The van der Waals surface area contributed by atoms with Crippen molar-refractivity contribution < 1.29 is 13.5 Å². The van der Waals surface area contributed by atoms with Gasteiger partial charge in [-0.3, -0.25) is 0 Å². The van der Waals surface area contributed by atoms with E-state index in [2.05, 4.69) is 20.8 Å². The summed E-state index contributed by atoms with van der Waals surface area (Å²) < 4.78 is 24.5. The Bertz CT molecular complexity index is 528. The van der Waals surface area contributed by atoms with E-state index >= 15 is 0 Å². The van der Waals surface area contributed by atoms with Gasteiger partial charge in [0.1, 0.15) is 0 Å². The van der Waals surface area contributed by atoms with Crippen LogP contribution in [-0.4, -0.2) is 37.4 Å². The summed E-state index contributed by atoms with van der Waals surface area (Å²) in [6, 6.07) is 7.20. The molecule has 0 spiro atoms. The third-order valence-corrected chi connectivity index (χ3v) is 6.58. The van der Waals surface area contributed by atoms with Crippen molar-refractivity contribution in [3.63, 3.8) is 0 Å². The Balaban J connectivity index is 2.62. The molecule has 0 amide bonds. The molecule has 0 saturated carbocycles. The molecular formula is C16H26O3S2. The van der Waals surface area contributed by atoms with Crippen molar-refractivity contribution in [3.05, 3.63) is 29.8 Å². The Hall–Kier alpha value is -0.520.